The Bertz CT molecular complexity index is 2010. The molecule has 1 fully saturated rings. The summed E-state index contributed by atoms with van der Waals surface area (Å²) in [5.41, 5.74) is 3.69. The molecule has 0 radical (unpaired) electrons. The van der Waals surface area contributed by atoms with Gasteiger partial charge in [0.1, 0.15) is 17.3 Å². The van der Waals surface area contributed by atoms with Crippen molar-refractivity contribution in [2.45, 2.75) is 39.5 Å². The number of aromatic nitrogens is 3. The van der Waals surface area contributed by atoms with E-state index < -0.39 is 6.03 Å². The topological polar surface area (TPSA) is 140 Å². The highest BCUT2D eigenvalue weighted by Crippen LogP contribution is 2.35. The number of benzene rings is 3. The van der Waals surface area contributed by atoms with Crippen LogP contribution in [0, 0.1) is 6.92 Å². The molecule has 3 N–H and O–H groups in total. The van der Waals surface area contributed by atoms with Crippen molar-refractivity contribution in [3.63, 3.8) is 0 Å². The van der Waals surface area contributed by atoms with E-state index in [0.717, 1.165) is 27.7 Å². The minimum atomic E-state index is -0.416. The number of aryl methyl sites for hydroxylation is 1. The Morgan fingerprint density at radius 3 is 2.38 bits per heavy atom. The third-order valence-electron chi connectivity index (χ3n) is 8.29. The number of amides is 4. The standard InChI is InChI=1S/C38H41N7O5/c1-25-9-11-27(12-10-25)45-34(23-33(43-45)38(2,3)4)42-37(48)41-31-13-14-32(30-8-6-5-7-29(30)31)50-28-15-16-39-26(21-28)22-35(46)40-24-36(47)44-17-19-49-20-18-44/h5-16,21,23H,17-20,22,24H2,1-4H3,(H,40,46)(H2,41,42,48). The summed E-state index contributed by atoms with van der Waals surface area (Å²) in [7, 11) is 0. The van der Waals surface area contributed by atoms with Gasteiger partial charge >= 0.3 is 6.03 Å². The molecule has 0 aliphatic carbocycles. The molecule has 1 aliphatic rings. The summed E-state index contributed by atoms with van der Waals surface area (Å²) in [5.74, 6) is 1.15. The van der Waals surface area contributed by atoms with E-state index in [1.165, 1.54) is 0 Å². The van der Waals surface area contributed by atoms with Crippen LogP contribution in [0.25, 0.3) is 16.5 Å². The lowest BCUT2D eigenvalue weighted by Crippen LogP contribution is -2.45. The molecule has 258 valence electrons. The fourth-order valence-electron chi connectivity index (χ4n) is 5.53. The summed E-state index contributed by atoms with van der Waals surface area (Å²) in [5, 5.41) is 15.0. The second-order valence-electron chi connectivity index (χ2n) is 13.2. The molecule has 12 heteroatoms. The zero-order chi connectivity index (χ0) is 35.3. The number of anilines is 2. The van der Waals surface area contributed by atoms with E-state index in [1.807, 2.05) is 61.5 Å². The summed E-state index contributed by atoms with van der Waals surface area (Å²) >= 11 is 0. The predicted molar refractivity (Wildman–Crippen MR) is 192 cm³/mol. The van der Waals surface area contributed by atoms with E-state index in [0.29, 0.717) is 55.0 Å². The minimum absolute atomic E-state index is 0.00757. The Morgan fingerprint density at radius 2 is 1.64 bits per heavy atom. The van der Waals surface area contributed by atoms with E-state index in [1.54, 1.807) is 40.0 Å². The molecule has 1 aliphatic heterocycles. The summed E-state index contributed by atoms with van der Waals surface area (Å²) in [6.07, 6.45) is 1.57. The van der Waals surface area contributed by atoms with Crippen LogP contribution in [0.5, 0.6) is 11.5 Å². The lowest BCUT2D eigenvalue weighted by molar-refractivity contribution is -0.136. The van der Waals surface area contributed by atoms with Gasteiger partial charge in [-0.05, 0) is 37.3 Å². The quantitative estimate of drug-likeness (QED) is 0.175. The summed E-state index contributed by atoms with van der Waals surface area (Å²) in [4.78, 5) is 44.4. The fourth-order valence-corrected chi connectivity index (χ4v) is 5.53. The molecule has 6 rings (SSSR count). The van der Waals surface area contributed by atoms with E-state index in [4.69, 9.17) is 14.6 Å². The predicted octanol–water partition coefficient (Wildman–Crippen LogP) is 5.98. The van der Waals surface area contributed by atoms with E-state index in [9.17, 15) is 14.4 Å². The van der Waals surface area contributed by atoms with Crippen LogP contribution in [0.4, 0.5) is 16.3 Å². The van der Waals surface area contributed by atoms with Crippen molar-refractivity contribution in [3.8, 4) is 17.2 Å². The first kappa shape index (κ1) is 34.1. The maximum atomic E-state index is 13.4. The number of carbonyl (C=O) groups is 3. The zero-order valence-corrected chi connectivity index (χ0v) is 28.7. The van der Waals surface area contributed by atoms with Gasteiger partial charge in [-0.25, -0.2) is 9.48 Å². The van der Waals surface area contributed by atoms with Crippen molar-refractivity contribution in [1.82, 2.24) is 25.0 Å². The van der Waals surface area contributed by atoms with Gasteiger partial charge < -0.3 is 25.0 Å². The van der Waals surface area contributed by atoms with Gasteiger partial charge in [0.15, 0.2) is 0 Å². The van der Waals surface area contributed by atoms with Gasteiger partial charge in [-0.2, -0.15) is 5.10 Å². The fraction of sp³-hybridized carbons (Fsp3) is 0.289. The SMILES string of the molecule is Cc1ccc(-n2nc(C(C)(C)C)cc2NC(=O)Nc2ccc(Oc3ccnc(CC(=O)NCC(=O)N4CCOCC4)c3)c3ccccc23)cc1. The van der Waals surface area contributed by atoms with Crippen LogP contribution in [0.15, 0.2) is 85.1 Å². The molecule has 2 aromatic heterocycles. The Labute approximate surface area is 290 Å². The van der Waals surface area contributed by atoms with Crippen molar-refractivity contribution in [2.75, 3.05) is 43.5 Å². The Kier molecular flexibility index (Phi) is 10.1. The molecule has 5 aromatic rings. The van der Waals surface area contributed by atoms with Crippen molar-refractivity contribution in [3.05, 3.63) is 102 Å². The Balaban J connectivity index is 1.14. The van der Waals surface area contributed by atoms with Crippen LogP contribution in [0.1, 0.15) is 37.7 Å². The number of carbonyl (C=O) groups excluding carboxylic acids is 3. The average molecular weight is 676 g/mol. The van der Waals surface area contributed by atoms with Crippen molar-refractivity contribution in [1.29, 1.82) is 0 Å². The number of fused-ring (bicyclic) bond motifs is 1. The van der Waals surface area contributed by atoms with Gasteiger partial charge in [-0.3, -0.25) is 19.9 Å². The number of nitrogens with zero attached hydrogens (tertiary/aromatic N) is 4. The lowest BCUT2D eigenvalue weighted by atomic mass is 9.92. The largest absolute Gasteiger partial charge is 0.457 e. The number of morpholine rings is 1. The van der Waals surface area contributed by atoms with Gasteiger partial charge in [0.25, 0.3) is 0 Å². The van der Waals surface area contributed by atoms with E-state index in [-0.39, 0.29) is 30.2 Å². The number of hydrogen-bond donors (Lipinski definition) is 3. The molecular formula is C38H41N7O5. The van der Waals surface area contributed by atoms with Gasteiger partial charge in [0, 0.05) is 47.6 Å². The smallest absolute Gasteiger partial charge is 0.324 e. The highest BCUT2D eigenvalue weighted by Gasteiger charge is 2.22. The molecule has 0 saturated carbocycles. The monoisotopic (exact) mass is 675 g/mol. The van der Waals surface area contributed by atoms with Gasteiger partial charge in [0.05, 0.1) is 48.9 Å². The van der Waals surface area contributed by atoms with Crippen LogP contribution in [0.2, 0.25) is 0 Å². The molecular weight excluding hydrogens is 634 g/mol. The molecule has 0 atom stereocenters. The van der Waals surface area contributed by atoms with Crippen LogP contribution in [-0.4, -0.2) is 70.4 Å². The first-order valence-electron chi connectivity index (χ1n) is 16.6. The molecule has 0 bridgehead atoms. The second kappa shape index (κ2) is 14.8. The molecule has 0 spiro atoms. The number of pyridine rings is 1. The first-order chi connectivity index (χ1) is 24.0. The number of ether oxygens (including phenoxy) is 2. The highest BCUT2D eigenvalue weighted by atomic mass is 16.5. The Hall–Kier alpha value is -5.75. The van der Waals surface area contributed by atoms with Crippen molar-refractivity contribution >= 4 is 40.1 Å². The normalized spacial score (nSPS) is 13.2. The molecule has 3 heterocycles. The van der Waals surface area contributed by atoms with Crippen molar-refractivity contribution < 1.29 is 23.9 Å². The molecule has 4 amide bonds. The van der Waals surface area contributed by atoms with E-state index in [2.05, 4.69) is 41.7 Å². The van der Waals surface area contributed by atoms with Crippen LogP contribution in [0.3, 0.4) is 0 Å². The third-order valence-corrected chi connectivity index (χ3v) is 8.29. The third kappa shape index (κ3) is 8.27. The summed E-state index contributed by atoms with van der Waals surface area (Å²) in [6.45, 7) is 10.2. The number of urea groups is 1. The van der Waals surface area contributed by atoms with E-state index >= 15 is 0 Å². The van der Waals surface area contributed by atoms with Gasteiger partial charge in [-0.15, -0.1) is 0 Å². The van der Waals surface area contributed by atoms with Crippen LogP contribution < -0.4 is 20.7 Å². The molecule has 1 saturated heterocycles. The summed E-state index contributed by atoms with van der Waals surface area (Å²) in [6, 6.07) is 24.0. The second-order valence-corrected chi connectivity index (χ2v) is 13.2. The number of hydrogen-bond acceptors (Lipinski definition) is 7. The van der Waals surface area contributed by atoms with Gasteiger partial charge in [0.2, 0.25) is 11.8 Å². The first-order valence-corrected chi connectivity index (χ1v) is 16.6. The molecule has 50 heavy (non-hydrogen) atoms. The summed E-state index contributed by atoms with van der Waals surface area (Å²) < 4.78 is 13.3. The maximum Gasteiger partial charge on any atom is 0.324 e. The highest BCUT2D eigenvalue weighted by molar-refractivity contribution is 6.07. The zero-order valence-electron chi connectivity index (χ0n) is 28.7. The number of nitrogens with one attached hydrogen (secondary N) is 3. The minimum Gasteiger partial charge on any atom is -0.457 e. The number of rotatable bonds is 9. The lowest BCUT2D eigenvalue weighted by Gasteiger charge is -2.26. The average Bonchev–Trinajstić information content (AvgIpc) is 3.53. The van der Waals surface area contributed by atoms with Crippen LogP contribution in [-0.2, 0) is 26.2 Å². The molecule has 12 nitrogen and oxygen atoms in total. The molecule has 3 aromatic carbocycles. The molecule has 0 unspecified atom stereocenters. The van der Waals surface area contributed by atoms with Crippen molar-refractivity contribution in [2.24, 2.45) is 0 Å². The van der Waals surface area contributed by atoms with Gasteiger partial charge in [-0.1, -0.05) is 62.7 Å². The maximum absolute atomic E-state index is 13.4. The van der Waals surface area contributed by atoms with Crippen LogP contribution >= 0.6 is 0 Å². The Morgan fingerprint density at radius 1 is 0.900 bits per heavy atom.